The standard InChI is InChI=1S/C12H15ClFNO/c1-9(15-12(16)11(13)14)7-8-10-5-3-2-4-6-10/h2-6,9,11H,7-8H2,1H3,(H,15,16). The Morgan fingerprint density at radius 3 is 2.62 bits per heavy atom. The van der Waals surface area contributed by atoms with Crippen LogP contribution < -0.4 is 5.32 Å². The molecule has 0 heterocycles. The average Bonchev–Trinajstić information content (AvgIpc) is 2.27. The van der Waals surface area contributed by atoms with Crippen molar-refractivity contribution in [2.45, 2.75) is 31.4 Å². The number of carbonyl (C=O) groups is 1. The lowest BCUT2D eigenvalue weighted by Gasteiger charge is -2.13. The number of alkyl halides is 2. The van der Waals surface area contributed by atoms with Gasteiger partial charge in [0.05, 0.1) is 0 Å². The summed E-state index contributed by atoms with van der Waals surface area (Å²) in [5, 5.41) is 2.50. The molecule has 0 saturated carbocycles. The first-order valence-electron chi connectivity index (χ1n) is 5.22. The number of hydrogen-bond donors (Lipinski definition) is 1. The van der Waals surface area contributed by atoms with Crippen LogP contribution in [0.2, 0.25) is 0 Å². The smallest absolute Gasteiger partial charge is 0.270 e. The van der Waals surface area contributed by atoms with Gasteiger partial charge in [0.1, 0.15) is 0 Å². The van der Waals surface area contributed by atoms with E-state index in [1.54, 1.807) is 0 Å². The molecule has 1 rings (SSSR count). The summed E-state index contributed by atoms with van der Waals surface area (Å²) in [5.74, 6) is -0.762. The summed E-state index contributed by atoms with van der Waals surface area (Å²) < 4.78 is 12.4. The third-order valence-corrected chi connectivity index (χ3v) is 2.49. The molecule has 2 nitrogen and oxygen atoms in total. The van der Waals surface area contributed by atoms with Crippen molar-refractivity contribution in [3.05, 3.63) is 35.9 Å². The molecule has 0 bridgehead atoms. The molecule has 0 aromatic heterocycles. The highest BCUT2D eigenvalue weighted by molar-refractivity contribution is 6.29. The second-order valence-electron chi connectivity index (χ2n) is 3.73. The van der Waals surface area contributed by atoms with Gasteiger partial charge in [-0.05, 0) is 25.3 Å². The number of halogens is 2. The highest BCUT2D eigenvalue weighted by Crippen LogP contribution is 2.05. The maximum Gasteiger partial charge on any atom is 0.270 e. The minimum absolute atomic E-state index is 0.0790. The van der Waals surface area contributed by atoms with Crippen molar-refractivity contribution in [3.63, 3.8) is 0 Å². The van der Waals surface area contributed by atoms with E-state index in [0.717, 1.165) is 12.8 Å². The summed E-state index contributed by atoms with van der Waals surface area (Å²) in [5.41, 5.74) is -0.759. The molecule has 1 aromatic rings. The molecule has 0 spiro atoms. The first kappa shape index (κ1) is 13.0. The predicted octanol–water partition coefficient (Wildman–Crippen LogP) is 2.66. The molecule has 1 amide bonds. The highest BCUT2D eigenvalue weighted by atomic mass is 35.5. The zero-order valence-electron chi connectivity index (χ0n) is 9.12. The van der Waals surface area contributed by atoms with Crippen LogP contribution in [-0.4, -0.2) is 17.6 Å². The molecule has 4 heteroatoms. The summed E-state index contributed by atoms with van der Waals surface area (Å²) in [6.07, 6.45) is 1.61. The number of benzene rings is 1. The van der Waals surface area contributed by atoms with Gasteiger partial charge in [0.15, 0.2) is 0 Å². The van der Waals surface area contributed by atoms with Crippen LogP contribution in [0.4, 0.5) is 4.39 Å². The van der Waals surface area contributed by atoms with Crippen molar-refractivity contribution in [3.8, 4) is 0 Å². The molecule has 0 aliphatic carbocycles. The molecule has 0 aliphatic rings. The Morgan fingerprint density at radius 1 is 1.44 bits per heavy atom. The first-order chi connectivity index (χ1) is 7.59. The Kier molecular flexibility index (Phi) is 5.26. The lowest BCUT2D eigenvalue weighted by atomic mass is 10.1. The van der Waals surface area contributed by atoms with Crippen LogP contribution in [0.25, 0.3) is 0 Å². The minimum atomic E-state index is -1.96. The van der Waals surface area contributed by atoms with Crippen LogP contribution in [0.5, 0.6) is 0 Å². The maximum absolute atomic E-state index is 12.4. The second-order valence-corrected chi connectivity index (χ2v) is 4.12. The van der Waals surface area contributed by atoms with E-state index in [0.29, 0.717) is 0 Å². The highest BCUT2D eigenvalue weighted by Gasteiger charge is 2.15. The summed E-state index contributed by atoms with van der Waals surface area (Å²) >= 11 is 5.01. The van der Waals surface area contributed by atoms with E-state index in [1.807, 2.05) is 37.3 Å². The van der Waals surface area contributed by atoms with E-state index >= 15 is 0 Å². The Balaban J connectivity index is 2.30. The number of aryl methyl sites for hydroxylation is 1. The number of hydrogen-bond acceptors (Lipinski definition) is 1. The molecular formula is C12H15ClFNO. The Morgan fingerprint density at radius 2 is 2.06 bits per heavy atom. The topological polar surface area (TPSA) is 29.1 Å². The van der Waals surface area contributed by atoms with E-state index in [2.05, 4.69) is 5.32 Å². The van der Waals surface area contributed by atoms with Crippen LogP contribution in [-0.2, 0) is 11.2 Å². The third-order valence-electron chi connectivity index (χ3n) is 2.30. The van der Waals surface area contributed by atoms with Crippen LogP contribution in [0.3, 0.4) is 0 Å². The van der Waals surface area contributed by atoms with Crippen molar-refractivity contribution in [1.29, 1.82) is 0 Å². The van der Waals surface area contributed by atoms with Gasteiger partial charge < -0.3 is 5.32 Å². The zero-order chi connectivity index (χ0) is 12.0. The van der Waals surface area contributed by atoms with Crippen molar-refractivity contribution in [2.24, 2.45) is 0 Å². The van der Waals surface area contributed by atoms with Gasteiger partial charge in [-0.15, -0.1) is 0 Å². The molecule has 0 radical (unpaired) electrons. The summed E-state index contributed by atoms with van der Waals surface area (Å²) in [6, 6.07) is 9.85. The monoisotopic (exact) mass is 243 g/mol. The van der Waals surface area contributed by atoms with Gasteiger partial charge in [0.2, 0.25) is 0 Å². The molecule has 0 fully saturated rings. The van der Waals surface area contributed by atoms with E-state index in [9.17, 15) is 9.18 Å². The van der Waals surface area contributed by atoms with Gasteiger partial charge >= 0.3 is 0 Å². The molecule has 0 saturated heterocycles. The van der Waals surface area contributed by atoms with Gasteiger partial charge in [-0.2, -0.15) is 0 Å². The Bertz CT molecular complexity index is 329. The number of rotatable bonds is 5. The van der Waals surface area contributed by atoms with Gasteiger partial charge in [0, 0.05) is 6.04 Å². The van der Waals surface area contributed by atoms with Crippen molar-refractivity contribution in [1.82, 2.24) is 5.32 Å². The fraction of sp³-hybridized carbons (Fsp3) is 0.417. The summed E-state index contributed by atoms with van der Waals surface area (Å²) in [4.78, 5) is 10.9. The quantitative estimate of drug-likeness (QED) is 0.792. The molecule has 16 heavy (non-hydrogen) atoms. The molecule has 2 unspecified atom stereocenters. The third kappa shape index (κ3) is 4.62. The first-order valence-corrected chi connectivity index (χ1v) is 5.65. The van der Waals surface area contributed by atoms with Crippen LogP contribution in [0.1, 0.15) is 18.9 Å². The van der Waals surface area contributed by atoms with Crippen molar-refractivity contribution in [2.75, 3.05) is 0 Å². The van der Waals surface area contributed by atoms with Gasteiger partial charge in [-0.25, -0.2) is 4.39 Å². The normalized spacial score (nSPS) is 14.2. The number of carbonyl (C=O) groups excluding carboxylic acids is 1. The van der Waals surface area contributed by atoms with Crippen LogP contribution in [0.15, 0.2) is 30.3 Å². The molecule has 0 aliphatic heterocycles. The van der Waals surface area contributed by atoms with E-state index in [1.165, 1.54) is 5.56 Å². The Hall–Kier alpha value is -1.09. The fourth-order valence-electron chi connectivity index (χ4n) is 1.41. The molecule has 1 N–H and O–H groups in total. The molecule has 2 atom stereocenters. The lowest BCUT2D eigenvalue weighted by molar-refractivity contribution is -0.123. The Labute approximate surface area is 99.8 Å². The van der Waals surface area contributed by atoms with E-state index in [-0.39, 0.29) is 6.04 Å². The van der Waals surface area contributed by atoms with Gasteiger partial charge in [-0.3, -0.25) is 4.79 Å². The zero-order valence-corrected chi connectivity index (χ0v) is 9.88. The predicted molar refractivity (Wildman–Crippen MR) is 63.1 cm³/mol. The summed E-state index contributed by atoms with van der Waals surface area (Å²) in [6.45, 7) is 1.83. The second kappa shape index (κ2) is 6.48. The van der Waals surface area contributed by atoms with E-state index in [4.69, 9.17) is 11.6 Å². The van der Waals surface area contributed by atoms with Crippen molar-refractivity contribution < 1.29 is 9.18 Å². The molecule has 1 aromatic carbocycles. The lowest BCUT2D eigenvalue weighted by Crippen LogP contribution is -2.36. The average molecular weight is 244 g/mol. The number of amides is 1. The minimum Gasteiger partial charge on any atom is -0.350 e. The largest absolute Gasteiger partial charge is 0.350 e. The van der Waals surface area contributed by atoms with Gasteiger partial charge in [0.25, 0.3) is 11.5 Å². The SMILES string of the molecule is CC(CCc1ccccc1)NC(=O)C(F)Cl. The number of nitrogens with one attached hydrogen (secondary N) is 1. The van der Waals surface area contributed by atoms with Crippen LogP contribution in [0, 0.1) is 0 Å². The van der Waals surface area contributed by atoms with Gasteiger partial charge in [-0.1, -0.05) is 41.9 Å². The molecule has 88 valence electrons. The molecular weight excluding hydrogens is 229 g/mol. The van der Waals surface area contributed by atoms with Crippen molar-refractivity contribution >= 4 is 17.5 Å². The summed E-state index contributed by atoms with van der Waals surface area (Å²) in [7, 11) is 0. The fourth-order valence-corrected chi connectivity index (χ4v) is 1.47. The van der Waals surface area contributed by atoms with Crippen LogP contribution >= 0.6 is 11.6 Å². The van der Waals surface area contributed by atoms with E-state index < -0.39 is 11.5 Å². The maximum atomic E-state index is 12.4.